The van der Waals surface area contributed by atoms with Crippen molar-refractivity contribution in [2.75, 3.05) is 13.1 Å². The van der Waals surface area contributed by atoms with Gasteiger partial charge in [-0.1, -0.05) is 48.0 Å². The molecule has 3 rings (SSSR count). The van der Waals surface area contributed by atoms with Crippen LogP contribution in [0.3, 0.4) is 0 Å². The fourth-order valence-electron chi connectivity index (χ4n) is 2.72. The number of aryl methyl sites for hydroxylation is 2. The van der Waals surface area contributed by atoms with E-state index < -0.39 is 0 Å². The molecule has 0 unspecified atom stereocenters. The summed E-state index contributed by atoms with van der Waals surface area (Å²) in [6.07, 6.45) is 1.12. The number of amides is 2. The first-order valence-electron chi connectivity index (χ1n) is 9.83. The van der Waals surface area contributed by atoms with Crippen LogP contribution in [-0.4, -0.2) is 29.9 Å². The zero-order chi connectivity index (χ0) is 21.2. The van der Waals surface area contributed by atoms with Crippen molar-refractivity contribution in [1.29, 1.82) is 0 Å². The summed E-state index contributed by atoms with van der Waals surface area (Å²) in [6.45, 7) is 3.07. The highest BCUT2D eigenvalue weighted by atomic mass is 32.1. The normalized spacial score (nSPS) is 10.4. The van der Waals surface area contributed by atoms with Gasteiger partial charge in [0.1, 0.15) is 23.1 Å². The van der Waals surface area contributed by atoms with Gasteiger partial charge < -0.3 is 15.4 Å². The molecule has 0 radical (unpaired) electrons. The van der Waals surface area contributed by atoms with Crippen molar-refractivity contribution < 1.29 is 14.3 Å². The van der Waals surface area contributed by atoms with Crippen molar-refractivity contribution in [2.45, 2.75) is 26.4 Å². The van der Waals surface area contributed by atoms with Gasteiger partial charge in [0.15, 0.2) is 0 Å². The molecule has 0 saturated heterocycles. The van der Waals surface area contributed by atoms with E-state index in [1.807, 2.05) is 61.5 Å². The molecule has 2 amide bonds. The SMILES string of the molecule is Cc1ccc(OCc2nc(C(=O)NCCNC(=O)CCc3ccccc3)cs2)cc1. The van der Waals surface area contributed by atoms with Gasteiger partial charge in [0.2, 0.25) is 5.91 Å². The molecule has 0 saturated carbocycles. The molecule has 0 aliphatic carbocycles. The molecule has 1 heterocycles. The molecular weight excluding hydrogens is 398 g/mol. The molecular formula is C23H25N3O3S. The number of carbonyl (C=O) groups is 2. The van der Waals surface area contributed by atoms with Crippen LogP contribution in [0.5, 0.6) is 5.75 Å². The minimum absolute atomic E-state index is 0.0303. The summed E-state index contributed by atoms with van der Waals surface area (Å²) in [5.41, 5.74) is 2.66. The molecule has 7 heteroatoms. The number of aromatic nitrogens is 1. The van der Waals surface area contributed by atoms with Crippen LogP contribution in [-0.2, 0) is 17.8 Å². The average Bonchev–Trinajstić information content (AvgIpc) is 3.25. The number of benzene rings is 2. The first kappa shape index (κ1) is 21.5. The lowest BCUT2D eigenvalue weighted by Gasteiger charge is -2.06. The summed E-state index contributed by atoms with van der Waals surface area (Å²) >= 11 is 1.38. The van der Waals surface area contributed by atoms with Gasteiger partial charge in [-0.3, -0.25) is 9.59 Å². The van der Waals surface area contributed by atoms with Gasteiger partial charge in [0, 0.05) is 24.9 Å². The largest absolute Gasteiger partial charge is 0.486 e. The van der Waals surface area contributed by atoms with E-state index in [1.54, 1.807) is 5.38 Å². The van der Waals surface area contributed by atoms with Gasteiger partial charge in [-0.05, 0) is 31.0 Å². The smallest absolute Gasteiger partial charge is 0.270 e. The first-order valence-corrected chi connectivity index (χ1v) is 10.7. The van der Waals surface area contributed by atoms with E-state index in [1.165, 1.54) is 16.9 Å². The Kier molecular flexibility index (Phi) is 7.97. The number of ether oxygens (including phenoxy) is 1. The Morgan fingerprint density at radius 2 is 1.73 bits per heavy atom. The van der Waals surface area contributed by atoms with E-state index in [9.17, 15) is 9.59 Å². The molecule has 2 aromatic carbocycles. The maximum absolute atomic E-state index is 12.2. The Balaban J connectivity index is 1.33. The third kappa shape index (κ3) is 7.00. The van der Waals surface area contributed by atoms with Crippen LogP contribution in [0, 0.1) is 6.92 Å². The highest BCUT2D eigenvalue weighted by molar-refractivity contribution is 7.09. The molecule has 0 bridgehead atoms. The lowest BCUT2D eigenvalue weighted by molar-refractivity contribution is -0.121. The number of hydrogen-bond donors (Lipinski definition) is 2. The second-order valence-electron chi connectivity index (χ2n) is 6.82. The number of rotatable bonds is 10. The summed E-state index contributed by atoms with van der Waals surface area (Å²) in [4.78, 5) is 28.4. The Hall–Kier alpha value is -3.19. The Morgan fingerprint density at radius 1 is 1.00 bits per heavy atom. The topological polar surface area (TPSA) is 80.3 Å². The summed E-state index contributed by atoms with van der Waals surface area (Å²) in [7, 11) is 0. The quantitative estimate of drug-likeness (QED) is 0.489. The number of thiazole rings is 1. The zero-order valence-electron chi connectivity index (χ0n) is 16.9. The second-order valence-corrected chi connectivity index (χ2v) is 7.76. The van der Waals surface area contributed by atoms with E-state index in [4.69, 9.17) is 4.74 Å². The van der Waals surface area contributed by atoms with Crippen molar-refractivity contribution in [3.63, 3.8) is 0 Å². The third-order valence-electron chi connectivity index (χ3n) is 4.38. The molecule has 1 aromatic heterocycles. The van der Waals surface area contributed by atoms with Crippen LogP contribution in [0.15, 0.2) is 60.0 Å². The number of carbonyl (C=O) groups excluding carboxylic acids is 2. The molecule has 0 aliphatic rings. The molecule has 3 aromatic rings. The molecule has 0 atom stereocenters. The fraction of sp³-hybridized carbons (Fsp3) is 0.261. The van der Waals surface area contributed by atoms with Crippen molar-refractivity contribution >= 4 is 23.2 Å². The van der Waals surface area contributed by atoms with E-state index in [2.05, 4.69) is 15.6 Å². The predicted octanol–water partition coefficient (Wildman–Crippen LogP) is 3.51. The van der Waals surface area contributed by atoms with Gasteiger partial charge in [-0.2, -0.15) is 0 Å². The summed E-state index contributed by atoms with van der Waals surface area (Å²) in [5, 5.41) is 8.03. The lowest BCUT2D eigenvalue weighted by atomic mass is 10.1. The van der Waals surface area contributed by atoms with E-state index in [-0.39, 0.29) is 11.8 Å². The average molecular weight is 424 g/mol. The molecule has 30 heavy (non-hydrogen) atoms. The van der Waals surface area contributed by atoms with Gasteiger partial charge in [0.25, 0.3) is 5.91 Å². The standard InChI is InChI=1S/C23H25N3O3S/c1-17-7-10-19(11-8-17)29-15-22-26-20(16-30-22)23(28)25-14-13-24-21(27)12-9-18-5-3-2-4-6-18/h2-8,10-11,16H,9,12-15H2,1H3,(H,24,27)(H,25,28). The lowest BCUT2D eigenvalue weighted by Crippen LogP contribution is -2.34. The Morgan fingerprint density at radius 3 is 2.50 bits per heavy atom. The summed E-state index contributed by atoms with van der Waals surface area (Å²) in [5.74, 6) is 0.480. The number of nitrogens with one attached hydrogen (secondary N) is 2. The van der Waals surface area contributed by atoms with Crippen molar-refractivity contribution in [1.82, 2.24) is 15.6 Å². The molecule has 0 fully saturated rings. The first-order chi connectivity index (χ1) is 14.6. The van der Waals surface area contributed by atoms with Gasteiger partial charge in [-0.15, -0.1) is 11.3 Å². The summed E-state index contributed by atoms with van der Waals surface area (Å²) in [6, 6.07) is 17.7. The fourth-order valence-corrected chi connectivity index (χ4v) is 3.41. The van der Waals surface area contributed by atoms with Crippen molar-refractivity contribution in [3.8, 4) is 5.75 Å². The molecule has 0 spiro atoms. The maximum atomic E-state index is 12.2. The highest BCUT2D eigenvalue weighted by Crippen LogP contribution is 2.16. The highest BCUT2D eigenvalue weighted by Gasteiger charge is 2.11. The molecule has 6 nitrogen and oxygen atoms in total. The van der Waals surface area contributed by atoms with E-state index in [0.29, 0.717) is 38.2 Å². The molecule has 156 valence electrons. The van der Waals surface area contributed by atoms with Crippen molar-refractivity contribution in [2.24, 2.45) is 0 Å². The van der Waals surface area contributed by atoms with Crippen LogP contribution >= 0.6 is 11.3 Å². The minimum Gasteiger partial charge on any atom is -0.486 e. The van der Waals surface area contributed by atoms with Crippen LogP contribution in [0.25, 0.3) is 0 Å². The van der Waals surface area contributed by atoms with Crippen LogP contribution in [0.1, 0.15) is 33.0 Å². The monoisotopic (exact) mass is 423 g/mol. The van der Waals surface area contributed by atoms with Crippen molar-refractivity contribution in [3.05, 3.63) is 81.8 Å². The molecule has 2 N–H and O–H groups in total. The van der Waals surface area contributed by atoms with Gasteiger partial charge in [-0.25, -0.2) is 4.98 Å². The minimum atomic E-state index is -0.258. The number of nitrogens with zero attached hydrogens (tertiary/aromatic N) is 1. The Labute approximate surface area is 180 Å². The Bertz CT molecular complexity index is 955. The van der Waals surface area contributed by atoms with E-state index in [0.717, 1.165) is 16.3 Å². The van der Waals surface area contributed by atoms with Gasteiger partial charge >= 0.3 is 0 Å². The van der Waals surface area contributed by atoms with Crippen LogP contribution in [0.4, 0.5) is 0 Å². The predicted molar refractivity (Wildman–Crippen MR) is 118 cm³/mol. The van der Waals surface area contributed by atoms with Crippen LogP contribution < -0.4 is 15.4 Å². The number of hydrogen-bond acceptors (Lipinski definition) is 5. The zero-order valence-corrected chi connectivity index (χ0v) is 17.7. The second kappa shape index (κ2) is 11.1. The van der Waals surface area contributed by atoms with Gasteiger partial charge in [0.05, 0.1) is 0 Å². The van der Waals surface area contributed by atoms with E-state index >= 15 is 0 Å². The van der Waals surface area contributed by atoms with Crippen LogP contribution in [0.2, 0.25) is 0 Å². The summed E-state index contributed by atoms with van der Waals surface area (Å²) < 4.78 is 5.69. The molecule has 0 aliphatic heterocycles. The maximum Gasteiger partial charge on any atom is 0.270 e. The third-order valence-corrected chi connectivity index (χ3v) is 5.21.